The first-order valence-electron chi connectivity index (χ1n) is 6.25. The molecule has 0 amide bonds. The smallest absolute Gasteiger partial charge is 0.163 e. The largest absolute Gasteiger partial charge is 0.493 e. The number of methoxy groups -OCH3 is 1. The average molecular weight is 268 g/mol. The van der Waals surface area contributed by atoms with Gasteiger partial charge < -0.3 is 9.47 Å². The fraction of sp³-hybridized carbons (Fsp3) is 0.250. The summed E-state index contributed by atoms with van der Waals surface area (Å²) in [7, 11) is 1.57. The van der Waals surface area contributed by atoms with Gasteiger partial charge in [0.05, 0.1) is 24.4 Å². The summed E-state index contributed by atoms with van der Waals surface area (Å²) in [5.41, 5.74) is 0.713. The van der Waals surface area contributed by atoms with Crippen LogP contribution in [0.3, 0.4) is 0 Å². The van der Waals surface area contributed by atoms with Crippen LogP contribution in [0.5, 0.6) is 11.5 Å². The van der Waals surface area contributed by atoms with Gasteiger partial charge in [0.1, 0.15) is 5.60 Å². The quantitative estimate of drug-likeness (QED) is 0.854. The lowest BCUT2D eigenvalue weighted by Crippen LogP contribution is -2.26. The van der Waals surface area contributed by atoms with Crippen molar-refractivity contribution in [3.63, 3.8) is 0 Å². The molecule has 0 atom stereocenters. The minimum absolute atomic E-state index is 0.526. The van der Waals surface area contributed by atoms with Crippen molar-refractivity contribution in [3.8, 4) is 17.6 Å². The second-order valence-electron chi connectivity index (χ2n) is 4.80. The molecule has 1 aromatic carbocycles. The van der Waals surface area contributed by atoms with E-state index >= 15 is 0 Å². The van der Waals surface area contributed by atoms with Crippen molar-refractivity contribution in [3.05, 3.63) is 53.9 Å². The third kappa shape index (κ3) is 2.89. The lowest BCUT2D eigenvalue weighted by Gasteiger charge is -2.26. The van der Waals surface area contributed by atoms with Gasteiger partial charge in [0.15, 0.2) is 11.5 Å². The van der Waals surface area contributed by atoms with E-state index in [4.69, 9.17) is 14.7 Å². The summed E-state index contributed by atoms with van der Waals surface area (Å²) in [5.74, 6) is 1.12. The maximum absolute atomic E-state index is 8.98. The minimum Gasteiger partial charge on any atom is -0.493 e. The van der Waals surface area contributed by atoms with Crippen LogP contribution in [0.25, 0.3) is 0 Å². The zero-order valence-electron chi connectivity index (χ0n) is 11.8. The van der Waals surface area contributed by atoms with Gasteiger partial charge in [-0.1, -0.05) is 6.07 Å². The van der Waals surface area contributed by atoms with Gasteiger partial charge in [0.2, 0.25) is 0 Å². The monoisotopic (exact) mass is 268 g/mol. The summed E-state index contributed by atoms with van der Waals surface area (Å²) < 4.78 is 11.3. The molecule has 0 N–H and O–H groups in total. The molecule has 1 heterocycles. The number of hydrogen-bond acceptors (Lipinski definition) is 4. The van der Waals surface area contributed by atoms with Gasteiger partial charge in [0, 0.05) is 12.3 Å². The van der Waals surface area contributed by atoms with Gasteiger partial charge in [-0.3, -0.25) is 4.98 Å². The highest BCUT2D eigenvalue weighted by Gasteiger charge is 2.25. The Morgan fingerprint density at radius 3 is 2.55 bits per heavy atom. The first-order chi connectivity index (χ1) is 9.56. The average Bonchev–Trinajstić information content (AvgIpc) is 2.47. The van der Waals surface area contributed by atoms with Gasteiger partial charge in [-0.05, 0) is 38.1 Å². The molecule has 0 spiro atoms. The highest BCUT2D eigenvalue weighted by molar-refractivity contribution is 5.47. The highest BCUT2D eigenvalue weighted by Crippen LogP contribution is 2.34. The van der Waals surface area contributed by atoms with Crippen LogP contribution in [0, 0.1) is 11.3 Å². The van der Waals surface area contributed by atoms with Crippen molar-refractivity contribution in [2.75, 3.05) is 7.11 Å². The fourth-order valence-electron chi connectivity index (χ4n) is 1.87. The number of nitrogens with zero attached hydrogens (tertiary/aromatic N) is 2. The minimum atomic E-state index is -0.622. The molecule has 0 aliphatic carbocycles. The second-order valence-corrected chi connectivity index (χ2v) is 4.80. The van der Waals surface area contributed by atoms with Crippen LogP contribution < -0.4 is 9.47 Å². The lowest BCUT2D eigenvalue weighted by molar-refractivity contribution is 0.0992. The first-order valence-corrected chi connectivity index (χ1v) is 6.25. The van der Waals surface area contributed by atoms with Gasteiger partial charge in [-0.15, -0.1) is 0 Å². The predicted molar refractivity (Wildman–Crippen MR) is 75.6 cm³/mol. The number of aromatic nitrogens is 1. The van der Waals surface area contributed by atoms with Gasteiger partial charge in [0.25, 0.3) is 0 Å². The van der Waals surface area contributed by atoms with E-state index in [2.05, 4.69) is 11.1 Å². The van der Waals surface area contributed by atoms with Crippen molar-refractivity contribution in [1.29, 1.82) is 5.26 Å². The van der Waals surface area contributed by atoms with Crippen LogP contribution in [0.2, 0.25) is 0 Å². The number of hydrogen-bond donors (Lipinski definition) is 0. The summed E-state index contributed by atoms with van der Waals surface area (Å²) >= 11 is 0. The molecule has 0 aliphatic heterocycles. The SMILES string of the molecule is COc1ccc(C#N)cc1OC(C)(C)c1ccccn1. The maximum Gasteiger partial charge on any atom is 0.163 e. The molecule has 0 saturated carbocycles. The second kappa shape index (κ2) is 5.62. The van der Waals surface area contributed by atoms with Crippen molar-refractivity contribution in [2.45, 2.75) is 19.4 Å². The van der Waals surface area contributed by atoms with Crippen molar-refractivity contribution in [2.24, 2.45) is 0 Å². The van der Waals surface area contributed by atoms with Gasteiger partial charge >= 0.3 is 0 Å². The summed E-state index contributed by atoms with van der Waals surface area (Å²) in [6.45, 7) is 3.85. The molecular formula is C16H16N2O2. The summed E-state index contributed by atoms with van der Waals surface area (Å²) in [5, 5.41) is 8.98. The van der Waals surface area contributed by atoms with Crippen molar-refractivity contribution < 1.29 is 9.47 Å². The van der Waals surface area contributed by atoms with Crippen LogP contribution in [-0.2, 0) is 5.60 Å². The summed E-state index contributed by atoms with van der Waals surface area (Å²) in [6, 6.07) is 12.9. The molecular weight excluding hydrogens is 252 g/mol. The molecule has 0 unspecified atom stereocenters. The van der Waals surface area contributed by atoms with Crippen LogP contribution in [0.15, 0.2) is 42.6 Å². The highest BCUT2D eigenvalue weighted by atomic mass is 16.5. The molecule has 2 rings (SSSR count). The van der Waals surface area contributed by atoms with E-state index in [1.165, 1.54) is 0 Å². The van der Waals surface area contributed by atoms with E-state index in [0.29, 0.717) is 17.1 Å². The Labute approximate surface area is 118 Å². The van der Waals surface area contributed by atoms with Gasteiger partial charge in [-0.2, -0.15) is 5.26 Å². The molecule has 1 aromatic heterocycles. The molecule has 102 valence electrons. The summed E-state index contributed by atoms with van der Waals surface area (Å²) in [6.07, 6.45) is 1.73. The molecule has 20 heavy (non-hydrogen) atoms. The van der Waals surface area contributed by atoms with Crippen LogP contribution in [-0.4, -0.2) is 12.1 Å². The lowest BCUT2D eigenvalue weighted by atomic mass is 10.0. The molecule has 4 nitrogen and oxygen atoms in total. The molecule has 0 fully saturated rings. The Hall–Kier alpha value is -2.54. The normalized spacial score (nSPS) is 10.7. The molecule has 0 radical (unpaired) electrons. The van der Waals surface area contributed by atoms with Crippen molar-refractivity contribution in [1.82, 2.24) is 4.98 Å². The Bertz CT molecular complexity index is 631. The van der Waals surface area contributed by atoms with Crippen LogP contribution >= 0.6 is 0 Å². The molecule has 2 aromatic rings. The predicted octanol–water partition coefficient (Wildman–Crippen LogP) is 3.28. The molecule has 0 aliphatic rings. The van der Waals surface area contributed by atoms with Crippen LogP contribution in [0.1, 0.15) is 25.1 Å². The van der Waals surface area contributed by atoms with E-state index < -0.39 is 5.60 Å². The van der Waals surface area contributed by atoms with E-state index in [9.17, 15) is 0 Å². The number of pyridine rings is 1. The molecule has 0 bridgehead atoms. The zero-order chi connectivity index (χ0) is 14.6. The number of benzene rings is 1. The number of ether oxygens (including phenoxy) is 2. The van der Waals surface area contributed by atoms with E-state index in [1.54, 1.807) is 31.5 Å². The number of nitriles is 1. The fourth-order valence-corrected chi connectivity index (χ4v) is 1.87. The summed E-state index contributed by atoms with van der Waals surface area (Å²) in [4.78, 5) is 4.31. The topological polar surface area (TPSA) is 55.1 Å². The standard InChI is InChI=1S/C16H16N2O2/c1-16(2,15-6-4-5-9-18-15)20-14-10-12(11-17)7-8-13(14)19-3/h4-10H,1-3H3. The van der Waals surface area contributed by atoms with Gasteiger partial charge in [-0.25, -0.2) is 0 Å². The molecule has 4 heteroatoms. The zero-order valence-corrected chi connectivity index (χ0v) is 11.8. The number of rotatable bonds is 4. The van der Waals surface area contributed by atoms with Crippen molar-refractivity contribution >= 4 is 0 Å². The van der Waals surface area contributed by atoms with Crippen LogP contribution in [0.4, 0.5) is 0 Å². The Morgan fingerprint density at radius 2 is 1.95 bits per heavy atom. The Kier molecular flexibility index (Phi) is 3.90. The van der Waals surface area contributed by atoms with E-state index in [1.807, 2.05) is 32.0 Å². The Balaban J connectivity index is 2.36. The third-order valence-corrected chi connectivity index (χ3v) is 2.94. The first kappa shape index (κ1) is 13.9. The third-order valence-electron chi connectivity index (χ3n) is 2.94. The van der Waals surface area contributed by atoms with E-state index in [-0.39, 0.29) is 0 Å². The van der Waals surface area contributed by atoms with E-state index in [0.717, 1.165) is 5.69 Å². The maximum atomic E-state index is 8.98. The Morgan fingerprint density at radius 1 is 1.15 bits per heavy atom. The molecule has 0 saturated heterocycles.